The predicted molar refractivity (Wildman–Crippen MR) is 103 cm³/mol. The van der Waals surface area contributed by atoms with Crippen LogP contribution in [0.2, 0.25) is 0 Å². The van der Waals surface area contributed by atoms with Crippen molar-refractivity contribution in [3.8, 4) is 0 Å². The number of carbonyl (C=O) groups is 2. The lowest BCUT2D eigenvalue weighted by atomic mass is 10.1. The Kier molecular flexibility index (Phi) is 8.50. The van der Waals surface area contributed by atoms with E-state index in [1.807, 2.05) is 29.2 Å². The van der Waals surface area contributed by atoms with E-state index in [9.17, 15) is 9.59 Å². The van der Waals surface area contributed by atoms with Crippen LogP contribution >= 0.6 is 0 Å². The number of hydrogen-bond acceptors (Lipinski definition) is 2. The second-order valence-corrected chi connectivity index (χ2v) is 7.00. The van der Waals surface area contributed by atoms with Gasteiger partial charge in [-0.05, 0) is 37.5 Å². The minimum atomic E-state index is 0.0378. The summed E-state index contributed by atoms with van der Waals surface area (Å²) in [4.78, 5) is 26.7. The van der Waals surface area contributed by atoms with Gasteiger partial charge in [0.2, 0.25) is 5.91 Å². The summed E-state index contributed by atoms with van der Waals surface area (Å²) in [6, 6.07) is 7.35. The minimum absolute atomic E-state index is 0.0378. The highest BCUT2D eigenvalue weighted by Crippen LogP contribution is 2.17. The minimum Gasteiger partial charge on any atom is -0.339 e. The van der Waals surface area contributed by atoms with Gasteiger partial charge in [0.1, 0.15) is 0 Å². The standard InChI is InChI=1S/C21H32N2O2/c1-2-3-4-5-8-14-20(24)22-19-13-11-12-18(17-19)21(25)23-15-9-6-7-10-16-23/h11-13,17H,2-10,14-16H2,1H3,(H,22,24). The number of nitrogens with zero attached hydrogens (tertiary/aromatic N) is 1. The summed E-state index contributed by atoms with van der Waals surface area (Å²) in [5.41, 5.74) is 1.39. The van der Waals surface area contributed by atoms with Gasteiger partial charge >= 0.3 is 0 Å². The molecular formula is C21H32N2O2. The zero-order chi connectivity index (χ0) is 17.9. The van der Waals surface area contributed by atoms with Gasteiger partial charge in [-0.15, -0.1) is 0 Å². The van der Waals surface area contributed by atoms with Gasteiger partial charge in [0, 0.05) is 30.8 Å². The Morgan fingerprint density at radius 1 is 1.00 bits per heavy atom. The Bertz CT molecular complexity index is 549. The normalized spacial score (nSPS) is 14.8. The third kappa shape index (κ3) is 6.89. The number of benzene rings is 1. The van der Waals surface area contributed by atoms with Crippen LogP contribution in [0.25, 0.3) is 0 Å². The Hall–Kier alpha value is -1.84. The number of amides is 2. The molecule has 1 aromatic rings. The van der Waals surface area contributed by atoms with E-state index in [4.69, 9.17) is 0 Å². The Balaban J connectivity index is 1.85. The maximum Gasteiger partial charge on any atom is 0.253 e. The van der Waals surface area contributed by atoms with Crippen LogP contribution < -0.4 is 5.32 Å². The van der Waals surface area contributed by atoms with Crippen molar-refractivity contribution in [2.45, 2.75) is 71.1 Å². The van der Waals surface area contributed by atoms with Crippen LogP contribution in [-0.2, 0) is 4.79 Å². The van der Waals surface area contributed by atoms with E-state index in [-0.39, 0.29) is 11.8 Å². The first kappa shape index (κ1) is 19.5. The maximum atomic E-state index is 12.7. The molecule has 1 aromatic carbocycles. The molecule has 4 nitrogen and oxygen atoms in total. The molecule has 0 saturated carbocycles. The molecule has 0 unspecified atom stereocenters. The average Bonchev–Trinajstić information content (AvgIpc) is 2.90. The summed E-state index contributed by atoms with van der Waals surface area (Å²) in [5, 5.41) is 2.93. The number of nitrogens with one attached hydrogen (secondary N) is 1. The van der Waals surface area contributed by atoms with Gasteiger partial charge in [-0.1, -0.05) is 51.5 Å². The van der Waals surface area contributed by atoms with Crippen molar-refractivity contribution in [3.05, 3.63) is 29.8 Å². The van der Waals surface area contributed by atoms with Crippen LogP contribution in [0.3, 0.4) is 0 Å². The average molecular weight is 344 g/mol. The molecule has 0 aliphatic carbocycles. The lowest BCUT2D eigenvalue weighted by Gasteiger charge is -2.20. The quantitative estimate of drug-likeness (QED) is 0.675. The second kappa shape index (κ2) is 10.9. The lowest BCUT2D eigenvalue weighted by molar-refractivity contribution is -0.116. The summed E-state index contributed by atoms with van der Waals surface area (Å²) in [6.45, 7) is 3.87. The van der Waals surface area contributed by atoms with E-state index in [2.05, 4.69) is 12.2 Å². The number of hydrogen-bond donors (Lipinski definition) is 1. The van der Waals surface area contributed by atoms with Crippen molar-refractivity contribution in [2.24, 2.45) is 0 Å². The molecule has 138 valence electrons. The van der Waals surface area contributed by atoms with Crippen molar-refractivity contribution in [1.82, 2.24) is 4.90 Å². The fraction of sp³-hybridized carbons (Fsp3) is 0.619. The molecule has 2 rings (SSSR count). The van der Waals surface area contributed by atoms with Gasteiger partial charge in [-0.25, -0.2) is 0 Å². The summed E-state index contributed by atoms with van der Waals surface area (Å²) < 4.78 is 0. The maximum absolute atomic E-state index is 12.7. The van der Waals surface area contributed by atoms with Gasteiger partial charge in [0.25, 0.3) is 5.91 Å². The Morgan fingerprint density at radius 2 is 1.72 bits per heavy atom. The Labute approximate surface area is 152 Å². The number of anilines is 1. The van der Waals surface area contributed by atoms with Gasteiger partial charge in [0.05, 0.1) is 0 Å². The molecule has 0 bridgehead atoms. The van der Waals surface area contributed by atoms with Crippen molar-refractivity contribution >= 4 is 17.5 Å². The van der Waals surface area contributed by atoms with E-state index in [0.29, 0.717) is 12.0 Å². The molecule has 1 heterocycles. The Morgan fingerprint density at radius 3 is 2.44 bits per heavy atom. The largest absolute Gasteiger partial charge is 0.339 e. The van der Waals surface area contributed by atoms with E-state index in [1.54, 1.807) is 0 Å². The van der Waals surface area contributed by atoms with Gasteiger partial charge < -0.3 is 10.2 Å². The number of carbonyl (C=O) groups excluding carboxylic acids is 2. The summed E-state index contributed by atoms with van der Waals surface area (Å²) in [5.74, 6) is 0.119. The first-order valence-corrected chi connectivity index (χ1v) is 9.90. The monoisotopic (exact) mass is 344 g/mol. The highest BCUT2D eigenvalue weighted by Gasteiger charge is 2.17. The zero-order valence-corrected chi connectivity index (χ0v) is 15.6. The molecule has 1 aliphatic heterocycles. The number of likely N-dealkylation sites (tertiary alicyclic amines) is 1. The topological polar surface area (TPSA) is 49.4 Å². The third-order valence-electron chi connectivity index (χ3n) is 4.79. The van der Waals surface area contributed by atoms with E-state index in [0.717, 1.165) is 44.5 Å². The molecule has 1 N–H and O–H groups in total. The highest BCUT2D eigenvalue weighted by atomic mass is 16.2. The van der Waals surface area contributed by atoms with E-state index < -0.39 is 0 Å². The lowest BCUT2D eigenvalue weighted by Crippen LogP contribution is -2.31. The highest BCUT2D eigenvalue weighted by molar-refractivity contribution is 5.97. The fourth-order valence-corrected chi connectivity index (χ4v) is 3.30. The van der Waals surface area contributed by atoms with Gasteiger partial charge in [-0.3, -0.25) is 9.59 Å². The first-order chi connectivity index (χ1) is 12.2. The summed E-state index contributed by atoms with van der Waals surface area (Å²) >= 11 is 0. The van der Waals surface area contributed by atoms with Crippen LogP contribution in [-0.4, -0.2) is 29.8 Å². The van der Waals surface area contributed by atoms with Gasteiger partial charge in [-0.2, -0.15) is 0 Å². The molecule has 0 atom stereocenters. The number of unbranched alkanes of at least 4 members (excludes halogenated alkanes) is 4. The first-order valence-electron chi connectivity index (χ1n) is 9.90. The van der Waals surface area contributed by atoms with Crippen molar-refractivity contribution in [2.75, 3.05) is 18.4 Å². The van der Waals surface area contributed by atoms with Crippen LogP contribution in [0.15, 0.2) is 24.3 Å². The van der Waals surface area contributed by atoms with E-state index in [1.165, 1.54) is 32.1 Å². The van der Waals surface area contributed by atoms with Crippen LogP contribution in [0, 0.1) is 0 Å². The van der Waals surface area contributed by atoms with Crippen LogP contribution in [0.5, 0.6) is 0 Å². The molecule has 1 saturated heterocycles. The molecule has 1 aliphatic rings. The number of rotatable bonds is 8. The SMILES string of the molecule is CCCCCCCC(=O)Nc1cccc(C(=O)N2CCCCCC2)c1. The van der Waals surface area contributed by atoms with Crippen molar-refractivity contribution < 1.29 is 9.59 Å². The fourth-order valence-electron chi connectivity index (χ4n) is 3.30. The van der Waals surface area contributed by atoms with E-state index >= 15 is 0 Å². The summed E-state index contributed by atoms with van der Waals surface area (Å²) in [7, 11) is 0. The zero-order valence-electron chi connectivity index (χ0n) is 15.6. The molecule has 4 heteroatoms. The molecule has 0 aromatic heterocycles. The third-order valence-corrected chi connectivity index (χ3v) is 4.79. The van der Waals surface area contributed by atoms with Crippen molar-refractivity contribution in [1.29, 1.82) is 0 Å². The molecule has 2 amide bonds. The molecule has 1 fully saturated rings. The predicted octanol–water partition coefficient (Wildman–Crippen LogP) is 5.00. The molecule has 25 heavy (non-hydrogen) atoms. The molecule has 0 radical (unpaired) electrons. The second-order valence-electron chi connectivity index (χ2n) is 7.00. The smallest absolute Gasteiger partial charge is 0.253 e. The molecule has 0 spiro atoms. The van der Waals surface area contributed by atoms with Gasteiger partial charge in [0.15, 0.2) is 0 Å². The summed E-state index contributed by atoms with van der Waals surface area (Å²) in [6.07, 6.45) is 10.8. The van der Waals surface area contributed by atoms with Crippen LogP contribution in [0.4, 0.5) is 5.69 Å². The van der Waals surface area contributed by atoms with Crippen molar-refractivity contribution in [3.63, 3.8) is 0 Å². The van der Waals surface area contributed by atoms with Crippen LogP contribution in [0.1, 0.15) is 81.5 Å². The molecular weight excluding hydrogens is 312 g/mol.